The molecule has 0 fully saturated rings. The highest BCUT2D eigenvalue weighted by Gasteiger charge is 2.30. The molecule has 0 spiro atoms. The summed E-state index contributed by atoms with van der Waals surface area (Å²) >= 11 is 3.43. The van der Waals surface area contributed by atoms with E-state index in [0.29, 0.717) is 24.4 Å². The van der Waals surface area contributed by atoms with Crippen LogP contribution in [-0.2, 0) is 21.2 Å². The van der Waals surface area contributed by atoms with Crippen LogP contribution in [0.4, 0.5) is 5.69 Å². The Hall–Kier alpha value is -1.90. The number of nitrogens with zero attached hydrogens (tertiary/aromatic N) is 1. The topological polar surface area (TPSA) is 89.7 Å². The number of hydrogen-bond donors (Lipinski definition) is 1. The predicted octanol–water partition coefficient (Wildman–Crippen LogP) is 2.76. The second kappa shape index (κ2) is 7.02. The lowest BCUT2D eigenvalue weighted by Crippen LogP contribution is -2.39. The Kier molecular flexibility index (Phi) is 5.09. The highest BCUT2D eigenvalue weighted by molar-refractivity contribution is 9.10. The largest absolute Gasteiger partial charge is 0.480 e. The summed E-state index contributed by atoms with van der Waals surface area (Å²) in [7, 11) is -3.83. The van der Waals surface area contributed by atoms with Gasteiger partial charge < -0.3 is 9.64 Å². The number of aryl methyl sites for hydroxylation is 1. The van der Waals surface area contributed by atoms with Crippen LogP contribution in [0, 0.1) is 6.92 Å². The van der Waals surface area contributed by atoms with Crippen molar-refractivity contribution in [1.82, 2.24) is 0 Å². The molecule has 1 aliphatic heterocycles. The van der Waals surface area contributed by atoms with Crippen molar-refractivity contribution in [1.29, 1.82) is 0 Å². The minimum absolute atomic E-state index is 0.00852. The molecule has 26 heavy (non-hydrogen) atoms. The number of sulfonamides is 1. The molecule has 1 atom stereocenters. The minimum Gasteiger partial charge on any atom is -0.480 e. The second-order valence-electron chi connectivity index (χ2n) is 6.27. The van der Waals surface area contributed by atoms with Gasteiger partial charge in [-0.15, -0.1) is 0 Å². The SMILES string of the molecule is Cc1ccc(OC(C)C(=O)N2CCc3ccc(S(N)(=O)=O)cc32)c(Br)c1. The van der Waals surface area contributed by atoms with E-state index in [2.05, 4.69) is 15.9 Å². The summed E-state index contributed by atoms with van der Waals surface area (Å²) in [6.45, 7) is 4.12. The summed E-state index contributed by atoms with van der Waals surface area (Å²) in [5.74, 6) is 0.344. The number of carbonyl (C=O) groups is 1. The molecular weight excluding hydrogens is 420 g/mol. The summed E-state index contributed by atoms with van der Waals surface area (Å²) in [4.78, 5) is 14.4. The molecule has 0 saturated carbocycles. The van der Waals surface area contributed by atoms with Gasteiger partial charge in [0.2, 0.25) is 10.0 Å². The zero-order chi connectivity index (χ0) is 19.1. The van der Waals surface area contributed by atoms with Crippen molar-refractivity contribution in [3.05, 3.63) is 52.0 Å². The zero-order valence-electron chi connectivity index (χ0n) is 14.4. The number of fused-ring (bicyclic) bond motifs is 1. The summed E-state index contributed by atoms with van der Waals surface area (Å²) in [6.07, 6.45) is -0.0643. The van der Waals surface area contributed by atoms with E-state index >= 15 is 0 Å². The van der Waals surface area contributed by atoms with Gasteiger partial charge in [0, 0.05) is 12.2 Å². The summed E-state index contributed by atoms with van der Waals surface area (Å²) in [5, 5.41) is 5.20. The second-order valence-corrected chi connectivity index (χ2v) is 8.69. The van der Waals surface area contributed by atoms with Crippen LogP contribution in [0.15, 0.2) is 45.8 Å². The molecule has 6 nitrogen and oxygen atoms in total. The number of primary sulfonamides is 1. The maximum atomic E-state index is 12.9. The molecule has 138 valence electrons. The normalized spacial score (nSPS) is 14.8. The van der Waals surface area contributed by atoms with Crippen molar-refractivity contribution >= 4 is 37.5 Å². The van der Waals surface area contributed by atoms with Gasteiger partial charge in [0.1, 0.15) is 5.75 Å². The Morgan fingerprint density at radius 3 is 2.65 bits per heavy atom. The van der Waals surface area contributed by atoms with Gasteiger partial charge in [0.25, 0.3) is 5.91 Å². The Bertz CT molecular complexity index is 975. The van der Waals surface area contributed by atoms with Crippen LogP contribution in [0.2, 0.25) is 0 Å². The molecule has 2 aromatic carbocycles. The van der Waals surface area contributed by atoms with E-state index < -0.39 is 16.1 Å². The third kappa shape index (κ3) is 3.77. The predicted molar refractivity (Wildman–Crippen MR) is 103 cm³/mol. The van der Waals surface area contributed by atoms with Crippen LogP contribution in [0.5, 0.6) is 5.75 Å². The molecule has 2 aromatic rings. The summed E-state index contributed by atoms with van der Waals surface area (Å²) < 4.78 is 29.8. The fourth-order valence-electron chi connectivity index (χ4n) is 2.93. The van der Waals surface area contributed by atoms with E-state index in [1.54, 1.807) is 24.0 Å². The van der Waals surface area contributed by atoms with Crippen molar-refractivity contribution in [2.24, 2.45) is 5.14 Å². The first-order valence-corrected chi connectivity index (χ1v) is 10.4. The molecule has 0 bridgehead atoms. The van der Waals surface area contributed by atoms with E-state index in [1.165, 1.54) is 12.1 Å². The van der Waals surface area contributed by atoms with Crippen LogP contribution in [0.25, 0.3) is 0 Å². The van der Waals surface area contributed by atoms with Crippen LogP contribution < -0.4 is 14.8 Å². The summed E-state index contributed by atoms with van der Waals surface area (Å²) in [5.41, 5.74) is 2.56. The fourth-order valence-corrected chi connectivity index (χ4v) is 4.05. The number of carbonyl (C=O) groups excluding carboxylic acids is 1. The zero-order valence-corrected chi connectivity index (χ0v) is 16.8. The number of rotatable bonds is 4. The van der Waals surface area contributed by atoms with Crippen LogP contribution in [0.3, 0.4) is 0 Å². The van der Waals surface area contributed by atoms with Gasteiger partial charge >= 0.3 is 0 Å². The number of halogens is 1. The van der Waals surface area contributed by atoms with Gasteiger partial charge in [0.15, 0.2) is 6.10 Å². The molecule has 1 aliphatic rings. The van der Waals surface area contributed by atoms with Gasteiger partial charge in [-0.1, -0.05) is 12.1 Å². The first-order valence-electron chi connectivity index (χ1n) is 8.07. The summed E-state index contributed by atoms with van der Waals surface area (Å²) in [6, 6.07) is 10.2. The third-order valence-corrected chi connectivity index (χ3v) is 5.82. The van der Waals surface area contributed by atoms with Gasteiger partial charge in [-0.25, -0.2) is 13.6 Å². The van der Waals surface area contributed by atoms with E-state index in [1.807, 2.05) is 19.1 Å². The number of ether oxygens (including phenoxy) is 1. The van der Waals surface area contributed by atoms with Crippen LogP contribution in [0.1, 0.15) is 18.1 Å². The molecule has 0 aromatic heterocycles. The molecule has 3 rings (SSSR count). The van der Waals surface area contributed by atoms with Crippen LogP contribution in [-0.4, -0.2) is 27.0 Å². The smallest absolute Gasteiger partial charge is 0.267 e. The first-order chi connectivity index (χ1) is 12.2. The van der Waals surface area contributed by atoms with Crippen molar-refractivity contribution in [2.45, 2.75) is 31.3 Å². The molecule has 2 N–H and O–H groups in total. The lowest BCUT2D eigenvalue weighted by atomic mass is 10.2. The monoisotopic (exact) mass is 438 g/mol. The molecule has 1 unspecified atom stereocenters. The Morgan fingerprint density at radius 1 is 1.27 bits per heavy atom. The van der Waals surface area contributed by atoms with Crippen LogP contribution >= 0.6 is 15.9 Å². The van der Waals surface area contributed by atoms with Gasteiger partial charge in [-0.2, -0.15) is 0 Å². The fraction of sp³-hybridized carbons (Fsp3) is 0.278. The molecule has 8 heteroatoms. The number of benzene rings is 2. The lowest BCUT2D eigenvalue weighted by molar-refractivity contribution is -0.124. The van der Waals surface area contributed by atoms with Crippen molar-refractivity contribution in [3.63, 3.8) is 0 Å². The number of hydrogen-bond acceptors (Lipinski definition) is 4. The third-order valence-electron chi connectivity index (χ3n) is 4.29. The highest BCUT2D eigenvalue weighted by Crippen LogP contribution is 2.32. The molecular formula is C18H19BrN2O4S. The van der Waals surface area contributed by atoms with Gasteiger partial charge in [-0.05, 0) is 71.6 Å². The highest BCUT2D eigenvalue weighted by atomic mass is 79.9. The maximum absolute atomic E-state index is 12.9. The van der Waals surface area contributed by atoms with Gasteiger partial charge in [-0.3, -0.25) is 4.79 Å². The first kappa shape index (κ1) is 18.9. The Morgan fingerprint density at radius 2 is 2.00 bits per heavy atom. The molecule has 1 heterocycles. The van der Waals surface area contributed by atoms with E-state index in [9.17, 15) is 13.2 Å². The molecule has 0 aliphatic carbocycles. The van der Waals surface area contributed by atoms with Crippen molar-refractivity contribution in [3.8, 4) is 5.75 Å². The van der Waals surface area contributed by atoms with Crippen molar-refractivity contribution in [2.75, 3.05) is 11.4 Å². The number of amides is 1. The number of nitrogens with two attached hydrogens (primary N) is 1. The van der Waals surface area contributed by atoms with Gasteiger partial charge in [0.05, 0.1) is 9.37 Å². The minimum atomic E-state index is -3.83. The average molecular weight is 439 g/mol. The quantitative estimate of drug-likeness (QED) is 0.794. The molecule has 0 radical (unpaired) electrons. The standard InChI is InChI=1S/C18H19BrN2O4S/c1-11-3-6-17(15(19)9-11)25-12(2)18(22)21-8-7-13-4-5-14(10-16(13)21)26(20,23)24/h3-6,9-10,12H,7-8H2,1-2H3,(H2,20,23,24). The number of anilines is 1. The Balaban J connectivity index is 1.83. The van der Waals surface area contributed by atoms with E-state index in [-0.39, 0.29) is 10.8 Å². The van der Waals surface area contributed by atoms with E-state index in [0.717, 1.165) is 15.6 Å². The lowest BCUT2D eigenvalue weighted by Gasteiger charge is -2.23. The average Bonchev–Trinajstić information content (AvgIpc) is 2.99. The molecule has 1 amide bonds. The van der Waals surface area contributed by atoms with Crippen molar-refractivity contribution < 1.29 is 17.9 Å². The Labute approximate surface area is 161 Å². The molecule has 0 saturated heterocycles. The maximum Gasteiger partial charge on any atom is 0.267 e. The van der Waals surface area contributed by atoms with E-state index in [4.69, 9.17) is 9.88 Å².